The van der Waals surface area contributed by atoms with Gasteiger partial charge in [-0.15, -0.1) is 5.10 Å². The minimum absolute atomic E-state index is 0.0692. The lowest BCUT2D eigenvalue weighted by molar-refractivity contribution is -0.138. The van der Waals surface area contributed by atoms with E-state index in [1.165, 1.54) is 10.9 Å². The topological polar surface area (TPSA) is 123 Å². The standard InChI is InChI=1S/C7H11N5O3/c8-1-5-3-12(11-10-5)4-6(13)9-2-7(14)15/h3H,1-2,4,8H2,(H,9,13)(H,14,15). The molecule has 0 spiro atoms. The fourth-order valence-electron chi connectivity index (χ4n) is 0.887. The van der Waals surface area contributed by atoms with E-state index in [1.807, 2.05) is 0 Å². The molecular formula is C7H11N5O3. The molecule has 0 aliphatic heterocycles. The normalized spacial score (nSPS) is 9.93. The third-order valence-corrected chi connectivity index (χ3v) is 1.54. The highest BCUT2D eigenvalue weighted by molar-refractivity contribution is 5.80. The maximum absolute atomic E-state index is 11.1. The molecule has 1 amide bonds. The Balaban J connectivity index is 2.40. The first kappa shape index (κ1) is 11.1. The summed E-state index contributed by atoms with van der Waals surface area (Å²) in [5.74, 6) is -1.53. The molecule has 1 aromatic rings. The van der Waals surface area contributed by atoms with E-state index in [0.717, 1.165) is 0 Å². The fourth-order valence-corrected chi connectivity index (χ4v) is 0.887. The molecule has 0 saturated carbocycles. The summed E-state index contributed by atoms with van der Waals surface area (Å²) in [6.45, 7) is -0.228. The smallest absolute Gasteiger partial charge is 0.322 e. The monoisotopic (exact) mass is 213 g/mol. The predicted molar refractivity (Wildman–Crippen MR) is 48.6 cm³/mol. The number of carbonyl (C=O) groups is 2. The highest BCUT2D eigenvalue weighted by Gasteiger charge is 2.06. The lowest BCUT2D eigenvalue weighted by Crippen LogP contribution is -2.32. The Bertz CT molecular complexity index is 361. The Morgan fingerprint density at radius 1 is 1.60 bits per heavy atom. The zero-order valence-electron chi connectivity index (χ0n) is 7.88. The third-order valence-electron chi connectivity index (χ3n) is 1.54. The summed E-state index contributed by atoms with van der Waals surface area (Å²) in [6.07, 6.45) is 1.53. The van der Waals surface area contributed by atoms with Gasteiger partial charge in [-0.2, -0.15) is 0 Å². The molecule has 0 radical (unpaired) electrons. The third kappa shape index (κ3) is 3.73. The van der Waals surface area contributed by atoms with E-state index in [9.17, 15) is 9.59 Å². The second-order valence-electron chi connectivity index (χ2n) is 2.78. The molecule has 0 bridgehead atoms. The van der Waals surface area contributed by atoms with Crippen molar-refractivity contribution in [3.05, 3.63) is 11.9 Å². The average Bonchev–Trinajstić information content (AvgIpc) is 2.62. The predicted octanol–water partition coefficient (Wildman–Crippen LogP) is -2.06. The summed E-state index contributed by atoms with van der Waals surface area (Å²) in [4.78, 5) is 21.3. The van der Waals surface area contributed by atoms with Crippen molar-refractivity contribution in [1.29, 1.82) is 0 Å². The summed E-state index contributed by atoms with van der Waals surface area (Å²) in [5, 5.41) is 17.8. The minimum atomic E-state index is -1.09. The van der Waals surface area contributed by atoms with Crippen molar-refractivity contribution in [3.63, 3.8) is 0 Å². The van der Waals surface area contributed by atoms with Crippen LogP contribution in [0.3, 0.4) is 0 Å². The van der Waals surface area contributed by atoms with E-state index in [1.54, 1.807) is 0 Å². The minimum Gasteiger partial charge on any atom is -0.480 e. The zero-order chi connectivity index (χ0) is 11.3. The first-order valence-corrected chi connectivity index (χ1v) is 4.19. The molecule has 0 unspecified atom stereocenters. The van der Waals surface area contributed by atoms with Gasteiger partial charge in [-0.1, -0.05) is 5.21 Å². The van der Waals surface area contributed by atoms with Crippen molar-refractivity contribution in [2.45, 2.75) is 13.1 Å². The number of nitrogens with zero attached hydrogens (tertiary/aromatic N) is 3. The summed E-state index contributed by atoms with van der Waals surface area (Å²) in [6, 6.07) is 0. The number of carboxylic acids is 1. The quantitative estimate of drug-likeness (QED) is 0.516. The van der Waals surface area contributed by atoms with Crippen molar-refractivity contribution in [2.24, 2.45) is 5.73 Å². The second-order valence-corrected chi connectivity index (χ2v) is 2.78. The molecule has 0 aliphatic rings. The van der Waals surface area contributed by atoms with Crippen LogP contribution in [0.5, 0.6) is 0 Å². The first-order valence-electron chi connectivity index (χ1n) is 4.19. The van der Waals surface area contributed by atoms with Gasteiger partial charge in [0.1, 0.15) is 13.1 Å². The van der Waals surface area contributed by atoms with E-state index in [2.05, 4.69) is 15.6 Å². The molecule has 4 N–H and O–H groups in total. The van der Waals surface area contributed by atoms with Gasteiger partial charge in [-0.25, -0.2) is 4.68 Å². The molecule has 0 saturated heterocycles. The number of aliphatic carboxylic acids is 1. The fraction of sp³-hybridized carbons (Fsp3) is 0.429. The lowest BCUT2D eigenvalue weighted by atomic mass is 10.5. The van der Waals surface area contributed by atoms with Gasteiger partial charge in [0.15, 0.2) is 0 Å². The largest absolute Gasteiger partial charge is 0.480 e. The average molecular weight is 213 g/mol. The molecule has 0 aliphatic carbocycles. The molecular weight excluding hydrogens is 202 g/mol. The van der Waals surface area contributed by atoms with Crippen LogP contribution in [-0.4, -0.2) is 38.5 Å². The molecule has 8 heteroatoms. The van der Waals surface area contributed by atoms with Crippen molar-refractivity contribution < 1.29 is 14.7 Å². The Hall–Kier alpha value is -1.96. The number of carboxylic acid groups (broad SMARTS) is 1. The molecule has 1 heterocycles. The molecule has 0 aromatic carbocycles. The van der Waals surface area contributed by atoms with Crippen LogP contribution in [0.1, 0.15) is 5.69 Å². The van der Waals surface area contributed by atoms with Gasteiger partial charge in [0.25, 0.3) is 0 Å². The maximum atomic E-state index is 11.1. The van der Waals surface area contributed by atoms with Crippen LogP contribution in [0.15, 0.2) is 6.20 Å². The number of amides is 1. The summed E-state index contributed by atoms with van der Waals surface area (Å²) in [7, 11) is 0. The Labute approximate surface area is 85.1 Å². The molecule has 0 atom stereocenters. The highest BCUT2D eigenvalue weighted by Crippen LogP contribution is 1.90. The van der Waals surface area contributed by atoms with Crippen molar-refractivity contribution in [2.75, 3.05) is 6.54 Å². The summed E-state index contributed by atoms with van der Waals surface area (Å²) < 4.78 is 1.29. The molecule has 82 valence electrons. The Morgan fingerprint density at radius 3 is 2.87 bits per heavy atom. The van der Waals surface area contributed by atoms with E-state index in [0.29, 0.717) is 5.69 Å². The summed E-state index contributed by atoms with van der Waals surface area (Å²) >= 11 is 0. The van der Waals surface area contributed by atoms with Crippen molar-refractivity contribution in [3.8, 4) is 0 Å². The van der Waals surface area contributed by atoms with E-state index in [4.69, 9.17) is 10.8 Å². The number of rotatable bonds is 5. The van der Waals surface area contributed by atoms with Gasteiger partial charge in [-0.05, 0) is 0 Å². The number of nitrogens with two attached hydrogens (primary N) is 1. The van der Waals surface area contributed by atoms with Crippen LogP contribution in [-0.2, 0) is 22.7 Å². The van der Waals surface area contributed by atoms with Crippen LogP contribution in [0.2, 0.25) is 0 Å². The second kappa shape index (κ2) is 5.05. The van der Waals surface area contributed by atoms with Gasteiger partial charge in [0.2, 0.25) is 5.91 Å². The van der Waals surface area contributed by atoms with Crippen LogP contribution >= 0.6 is 0 Å². The summed E-state index contributed by atoms with van der Waals surface area (Å²) in [5.41, 5.74) is 5.87. The van der Waals surface area contributed by atoms with E-state index >= 15 is 0 Å². The molecule has 0 fully saturated rings. The molecule has 1 rings (SSSR count). The number of carbonyl (C=O) groups excluding carboxylic acids is 1. The van der Waals surface area contributed by atoms with Crippen molar-refractivity contribution in [1.82, 2.24) is 20.3 Å². The number of nitrogens with one attached hydrogen (secondary N) is 1. The molecule has 15 heavy (non-hydrogen) atoms. The van der Waals surface area contributed by atoms with Gasteiger partial charge < -0.3 is 16.2 Å². The molecule has 1 aromatic heterocycles. The number of aromatic nitrogens is 3. The molecule has 8 nitrogen and oxygen atoms in total. The van der Waals surface area contributed by atoms with Gasteiger partial charge in [-0.3, -0.25) is 9.59 Å². The number of hydrogen-bond donors (Lipinski definition) is 3. The van der Waals surface area contributed by atoms with Crippen molar-refractivity contribution >= 4 is 11.9 Å². The highest BCUT2D eigenvalue weighted by atomic mass is 16.4. The number of hydrogen-bond acceptors (Lipinski definition) is 5. The Kier molecular flexibility index (Phi) is 3.75. The van der Waals surface area contributed by atoms with Crippen LogP contribution in [0, 0.1) is 0 Å². The zero-order valence-corrected chi connectivity index (χ0v) is 7.88. The van der Waals surface area contributed by atoms with E-state index in [-0.39, 0.29) is 13.1 Å². The van der Waals surface area contributed by atoms with Gasteiger partial charge in [0, 0.05) is 6.54 Å². The van der Waals surface area contributed by atoms with Gasteiger partial charge in [0.05, 0.1) is 11.9 Å². The first-order chi connectivity index (χ1) is 7.11. The van der Waals surface area contributed by atoms with Crippen LogP contribution in [0.4, 0.5) is 0 Å². The van der Waals surface area contributed by atoms with Gasteiger partial charge >= 0.3 is 5.97 Å². The Morgan fingerprint density at radius 2 is 2.33 bits per heavy atom. The van der Waals surface area contributed by atoms with Crippen LogP contribution < -0.4 is 11.1 Å². The van der Waals surface area contributed by atoms with Crippen LogP contribution in [0.25, 0.3) is 0 Å². The van der Waals surface area contributed by atoms with E-state index < -0.39 is 18.4 Å². The maximum Gasteiger partial charge on any atom is 0.322 e. The lowest BCUT2D eigenvalue weighted by Gasteiger charge is -2.00. The SMILES string of the molecule is NCc1cn(CC(=O)NCC(=O)O)nn1.